The molecule has 7 heteroatoms. The fourth-order valence-corrected chi connectivity index (χ4v) is 2.25. The molecule has 7 nitrogen and oxygen atoms in total. The first-order valence-electron chi connectivity index (χ1n) is 8.21. The van der Waals surface area contributed by atoms with Crippen molar-refractivity contribution in [3.8, 4) is 11.4 Å². The molecule has 0 bridgehead atoms. The quantitative estimate of drug-likeness (QED) is 0.720. The van der Waals surface area contributed by atoms with Gasteiger partial charge < -0.3 is 15.4 Å². The van der Waals surface area contributed by atoms with Crippen molar-refractivity contribution < 1.29 is 9.53 Å². The van der Waals surface area contributed by atoms with Crippen molar-refractivity contribution in [3.63, 3.8) is 0 Å². The summed E-state index contributed by atoms with van der Waals surface area (Å²) in [4.78, 5) is 12.2. The molecule has 130 valence electrons. The van der Waals surface area contributed by atoms with Gasteiger partial charge in [0, 0.05) is 13.1 Å². The Morgan fingerprint density at radius 3 is 2.58 bits per heavy atom. The van der Waals surface area contributed by atoms with E-state index in [0.717, 1.165) is 24.5 Å². The van der Waals surface area contributed by atoms with E-state index in [0.29, 0.717) is 17.9 Å². The van der Waals surface area contributed by atoms with E-state index in [1.165, 1.54) is 0 Å². The van der Waals surface area contributed by atoms with Crippen LogP contribution < -0.4 is 15.4 Å². The van der Waals surface area contributed by atoms with Crippen LogP contribution in [-0.4, -0.2) is 46.6 Å². The Kier molecular flexibility index (Phi) is 6.31. The lowest BCUT2D eigenvalue weighted by molar-refractivity contribution is 0.0948. The standard InChI is InChI=1S/C17H25N5O2/c1-5-18-10-11-19-17(23)16-13(4)22(21-20-16)14-6-8-15(9-7-14)24-12(2)3/h6-9,12,18H,5,10-11H2,1-4H3,(H,19,23). The summed E-state index contributed by atoms with van der Waals surface area (Å²) in [6, 6.07) is 7.55. The van der Waals surface area contributed by atoms with E-state index in [-0.39, 0.29) is 12.0 Å². The second kappa shape index (κ2) is 8.44. The van der Waals surface area contributed by atoms with Gasteiger partial charge in [-0.2, -0.15) is 0 Å². The van der Waals surface area contributed by atoms with Crippen LogP contribution in [0.25, 0.3) is 5.69 Å². The van der Waals surface area contributed by atoms with Crippen molar-refractivity contribution in [1.82, 2.24) is 25.6 Å². The lowest BCUT2D eigenvalue weighted by atomic mass is 10.2. The number of benzene rings is 1. The fraction of sp³-hybridized carbons (Fsp3) is 0.471. The van der Waals surface area contributed by atoms with Crippen LogP contribution in [0, 0.1) is 6.92 Å². The number of nitrogens with one attached hydrogen (secondary N) is 2. The molecule has 0 aliphatic carbocycles. The number of carbonyl (C=O) groups excluding carboxylic acids is 1. The maximum atomic E-state index is 12.2. The highest BCUT2D eigenvalue weighted by molar-refractivity contribution is 5.93. The number of hydrogen-bond acceptors (Lipinski definition) is 5. The summed E-state index contributed by atoms with van der Waals surface area (Å²) < 4.78 is 7.28. The van der Waals surface area contributed by atoms with Crippen LogP contribution in [0.5, 0.6) is 5.75 Å². The minimum atomic E-state index is -0.212. The Bertz CT molecular complexity index is 664. The Hall–Kier alpha value is -2.41. The minimum Gasteiger partial charge on any atom is -0.491 e. The molecule has 24 heavy (non-hydrogen) atoms. The summed E-state index contributed by atoms with van der Waals surface area (Å²) in [5.74, 6) is 0.587. The molecule has 2 rings (SSSR count). The van der Waals surface area contributed by atoms with E-state index in [2.05, 4.69) is 20.9 Å². The van der Waals surface area contributed by atoms with E-state index in [4.69, 9.17) is 4.74 Å². The largest absolute Gasteiger partial charge is 0.491 e. The number of nitrogens with zero attached hydrogens (tertiary/aromatic N) is 3. The Labute approximate surface area is 142 Å². The van der Waals surface area contributed by atoms with Gasteiger partial charge in [0.1, 0.15) is 5.75 Å². The second-order valence-corrected chi connectivity index (χ2v) is 5.71. The van der Waals surface area contributed by atoms with Gasteiger partial charge in [-0.1, -0.05) is 12.1 Å². The topological polar surface area (TPSA) is 81.1 Å². The molecule has 2 N–H and O–H groups in total. The Balaban J connectivity index is 2.07. The maximum Gasteiger partial charge on any atom is 0.273 e. The van der Waals surface area contributed by atoms with Crippen molar-refractivity contribution in [2.24, 2.45) is 0 Å². The molecule has 1 heterocycles. The van der Waals surface area contributed by atoms with Gasteiger partial charge in [-0.05, 0) is 51.6 Å². The average Bonchev–Trinajstić information content (AvgIpc) is 2.93. The van der Waals surface area contributed by atoms with Gasteiger partial charge in [-0.15, -0.1) is 5.10 Å². The van der Waals surface area contributed by atoms with Crippen molar-refractivity contribution in [2.75, 3.05) is 19.6 Å². The van der Waals surface area contributed by atoms with Gasteiger partial charge in [-0.25, -0.2) is 4.68 Å². The first-order chi connectivity index (χ1) is 11.5. The fourth-order valence-electron chi connectivity index (χ4n) is 2.25. The summed E-state index contributed by atoms with van der Waals surface area (Å²) in [7, 11) is 0. The number of amides is 1. The summed E-state index contributed by atoms with van der Waals surface area (Å²) in [5.41, 5.74) is 1.88. The smallest absolute Gasteiger partial charge is 0.273 e. The number of ether oxygens (including phenoxy) is 1. The van der Waals surface area contributed by atoms with Crippen LogP contribution >= 0.6 is 0 Å². The average molecular weight is 331 g/mol. The first-order valence-corrected chi connectivity index (χ1v) is 8.21. The summed E-state index contributed by atoms with van der Waals surface area (Å²) in [6.07, 6.45) is 0.126. The molecule has 0 atom stereocenters. The van der Waals surface area contributed by atoms with Crippen LogP contribution in [0.4, 0.5) is 0 Å². The summed E-state index contributed by atoms with van der Waals surface area (Å²) >= 11 is 0. The molecule has 0 aliphatic rings. The molecular formula is C17H25N5O2. The van der Waals surface area contributed by atoms with Gasteiger partial charge in [0.2, 0.25) is 0 Å². The third-order valence-corrected chi connectivity index (χ3v) is 3.40. The minimum absolute atomic E-state index is 0.126. The number of hydrogen-bond donors (Lipinski definition) is 2. The van der Waals surface area contributed by atoms with Gasteiger partial charge in [-0.3, -0.25) is 4.79 Å². The zero-order valence-corrected chi connectivity index (χ0v) is 14.7. The number of carbonyl (C=O) groups is 1. The zero-order chi connectivity index (χ0) is 17.5. The third kappa shape index (κ3) is 4.55. The second-order valence-electron chi connectivity index (χ2n) is 5.71. The Morgan fingerprint density at radius 1 is 1.25 bits per heavy atom. The first kappa shape index (κ1) is 17.9. The van der Waals surface area contributed by atoms with Crippen molar-refractivity contribution in [1.29, 1.82) is 0 Å². The van der Waals surface area contributed by atoms with Crippen LogP contribution in [0.2, 0.25) is 0 Å². The highest BCUT2D eigenvalue weighted by Gasteiger charge is 2.16. The van der Waals surface area contributed by atoms with Gasteiger partial charge in [0.05, 0.1) is 17.5 Å². The normalized spacial score (nSPS) is 10.9. The van der Waals surface area contributed by atoms with E-state index >= 15 is 0 Å². The molecule has 2 aromatic rings. The predicted octanol–water partition coefficient (Wildman–Crippen LogP) is 1.70. The number of rotatable bonds is 8. The molecule has 0 fully saturated rings. The number of likely N-dealkylation sites (N-methyl/N-ethyl adjacent to an activating group) is 1. The number of aromatic nitrogens is 3. The maximum absolute atomic E-state index is 12.2. The Morgan fingerprint density at radius 2 is 1.96 bits per heavy atom. The lowest BCUT2D eigenvalue weighted by Gasteiger charge is -2.10. The van der Waals surface area contributed by atoms with Crippen LogP contribution in [0.3, 0.4) is 0 Å². The predicted molar refractivity (Wildman–Crippen MR) is 92.7 cm³/mol. The van der Waals surface area contributed by atoms with E-state index in [1.807, 2.05) is 52.0 Å². The van der Waals surface area contributed by atoms with Crippen molar-refractivity contribution in [2.45, 2.75) is 33.8 Å². The van der Waals surface area contributed by atoms with Crippen LogP contribution in [-0.2, 0) is 0 Å². The van der Waals surface area contributed by atoms with Crippen LogP contribution in [0.15, 0.2) is 24.3 Å². The molecule has 0 radical (unpaired) electrons. The van der Waals surface area contributed by atoms with Gasteiger partial charge in [0.15, 0.2) is 5.69 Å². The molecule has 0 unspecified atom stereocenters. The van der Waals surface area contributed by atoms with E-state index < -0.39 is 0 Å². The van der Waals surface area contributed by atoms with Gasteiger partial charge in [0.25, 0.3) is 5.91 Å². The zero-order valence-electron chi connectivity index (χ0n) is 14.7. The molecule has 1 aromatic carbocycles. The lowest BCUT2D eigenvalue weighted by Crippen LogP contribution is -2.32. The molecule has 0 spiro atoms. The summed E-state index contributed by atoms with van der Waals surface area (Å²) in [6.45, 7) is 9.98. The SMILES string of the molecule is CCNCCNC(=O)c1nnn(-c2ccc(OC(C)C)cc2)c1C. The van der Waals surface area contributed by atoms with Crippen LogP contribution in [0.1, 0.15) is 37.0 Å². The van der Waals surface area contributed by atoms with E-state index in [1.54, 1.807) is 4.68 Å². The molecule has 0 saturated heterocycles. The highest BCUT2D eigenvalue weighted by Crippen LogP contribution is 2.18. The highest BCUT2D eigenvalue weighted by atomic mass is 16.5. The molecule has 1 aromatic heterocycles. The van der Waals surface area contributed by atoms with E-state index in [9.17, 15) is 4.79 Å². The molecule has 0 saturated carbocycles. The third-order valence-electron chi connectivity index (χ3n) is 3.40. The molecule has 1 amide bonds. The molecule has 0 aliphatic heterocycles. The summed E-state index contributed by atoms with van der Waals surface area (Å²) in [5, 5.41) is 14.1. The van der Waals surface area contributed by atoms with Gasteiger partial charge >= 0.3 is 0 Å². The molecular weight excluding hydrogens is 306 g/mol. The monoisotopic (exact) mass is 331 g/mol. The van der Waals surface area contributed by atoms with Crippen molar-refractivity contribution >= 4 is 5.91 Å². The van der Waals surface area contributed by atoms with Crippen molar-refractivity contribution in [3.05, 3.63) is 35.7 Å².